The number of rotatable bonds is 3. The van der Waals surface area contributed by atoms with Crippen LogP contribution < -0.4 is 0 Å². The molecule has 1 saturated carbocycles. The summed E-state index contributed by atoms with van der Waals surface area (Å²) in [6.07, 6.45) is -1.74. The summed E-state index contributed by atoms with van der Waals surface area (Å²) in [5.74, 6) is -0.927. The second kappa shape index (κ2) is 3.15. The molecule has 0 radical (unpaired) electrons. The maximum Gasteiger partial charge on any atom is 0.296 e. The van der Waals surface area contributed by atoms with Crippen LogP contribution in [0.3, 0.4) is 0 Å². The van der Waals surface area contributed by atoms with Gasteiger partial charge in [-0.15, -0.1) is 0 Å². The fourth-order valence-corrected chi connectivity index (χ4v) is 1.77. The minimum absolute atomic E-state index is 0.556. The molecule has 0 heterocycles. The number of carbonyl (C=O) groups is 1. The third-order valence-corrected chi connectivity index (χ3v) is 2.75. The Kier molecular flexibility index (Phi) is 2.10. The second-order valence-electron chi connectivity index (χ2n) is 3.61. The first kappa shape index (κ1) is 9.31. The van der Waals surface area contributed by atoms with Gasteiger partial charge in [-0.25, -0.2) is 8.78 Å². The number of halogens is 2. The summed E-state index contributed by atoms with van der Waals surface area (Å²) >= 11 is 0. The first-order chi connectivity index (χ1) is 6.67. The van der Waals surface area contributed by atoms with Crippen molar-refractivity contribution < 1.29 is 13.6 Å². The lowest BCUT2D eigenvalue weighted by atomic mass is 9.91. The van der Waals surface area contributed by atoms with Crippen LogP contribution in [0.5, 0.6) is 0 Å². The van der Waals surface area contributed by atoms with Crippen LogP contribution in [0.4, 0.5) is 8.78 Å². The monoisotopic (exact) mass is 196 g/mol. The van der Waals surface area contributed by atoms with Gasteiger partial charge >= 0.3 is 0 Å². The fraction of sp³-hybridized carbons (Fsp3) is 0.364. The highest BCUT2D eigenvalue weighted by molar-refractivity contribution is 5.95. The summed E-state index contributed by atoms with van der Waals surface area (Å²) in [4.78, 5) is 11.3. The number of alkyl halides is 2. The van der Waals surface area contributed by atoms with Crippen LogP contribution in [0.2, 0.25) is 0 Å². The first-order valence-corrected chi connectivity index (χ1v) is 4.55. The van der Waals surface area contributed by atoms with E-state index in [9.17, 15) is 13.6 Å². The van der Waals surface area contributed by atoms with E-state index < -0.39 is 17.6 Å². The van der Waals surface area contributed by atoms with Gasteiger partial charge in [0.1, 0.15) is 0 Å². The highest BCUT2D eigenvalue weighted by Gasteiger charge is 2.53. The highest BCUT2D eigenvalue weighted by atomic mass is 19.3. The maximum absolute atomic E-state index is 12.3. The minimum atomic E-state index is -2.85. The predicted molar refractivity (Wildman–Crippen MR) is 48.4 cm³/mol. The lowest BCUT2D eigenvalue weighted by Crippen LogP contribution is -2.26. The van der Waals surface area contributed by atoms with Crippen molar-refractivity contribution >= 4 is 5.78 Å². The zero-order valence-corrected chi connectivity index (χ0v) is 7.54. The van der Waals surface area contributed by atoms with Crippen LogP contribution in [0.15, 0.2) is 30.3 Å². The molecule has 3 heteroatoms. The standard InChI is InChI=1S/C11H10F2O/c12-10(13)9(14)11(6-7-11)8-4-2-1-3-5-8/h1-5,10H,6-7H2. The molecule has 0 amide bonds. The van der Waals surface area contributed by atoms with E-state index in [0.29, 0.717) is 12.8 Å². The fourth-order valence-electron chi connectivity index (χ4n) is 1.77. The molecule has 1 aliphatic rings. The molecule has 2 rings (SSSR count). The molecule has 0 aromatic heterocycles. The molecule has 1 aromatic carbocycles. The number of ketones is 1. The summed E-state index contributed by atoms with van der Waals surface area (Å²) < 4.78 is 24.6. The minimum Gasteiger partial charge on any atom is -0.292 e. The van der Waals surface area contributed by atoms with Gasteiger partial charge in [0, 0.05) is 0 Å². The Morgan fingerprint density at radius 1 is 1.21 bits per heavy atom. The lowest BCUT2D eigenvalue weighted by molar-refractivity contribution is -0.132. The molecule has 1 fully saturated rings. The Morgan fingerprint density at radius 3 is 2.21 bits per heavy atom. The SMILES string of the molecule is O=C(C(F)F)C1(c2ccccc2)CC1. The van der Waals surface area contributed by atoms with E-state index in [1.54, 1.807) is 24.3 Å². The first-order valence-electron chi connectivity index (χ1n) is 4.55. The Bertz CT molecular complexity index is 342. The number of benzene rings is 1. The van der Waals surface area contributed by atoms with Crippen molar-refractivity contribution in [2.24, 2.45) is 0 Å². The van der Waals surface area contributed by atoms with Gasteiger partial charge in [-0.3, -0.25) is 4.79 Å². The van der Waals surface area contributed by atoms with Crippen LogP contribution in [-0.2, 0) is 10.2 Å². The molecule has 14 heavy (non-hydrogen) atoms. The van der Waals surface area contributed by atoms with E-state index in [2.05, 4.69) is 0 Å². The molecule has 0 spiro atoms. The molecule has 0 unspecified atom stereocenters. The molecule has 0 atom stereocenters. The number of Topliss-reactive ketones (excluding diaryl/α,β-unsaturated/α-hetero) is 1. The molecular formula is C11H10F2O. The van der Waals surface area contributed by atoms with Crippen molar-refractivity contribution in [2.75, 3.05) is 0 Å². The van der Waals surface area contributed by atoms with Gasteiger partial charge in [0.25, 0.3) is 6.43 Å². The van der Waals surface area contributed by atoms with Crippen LogP contribution in [0, 0.1) is 0 Å². The number of hydrogen-bond donors (Lipinski definition) is 0. The molecule has 1 aromatic rings. The van der Waals surface area contributed by atoms with Crippen LogP contribution in [0.1, 0.15) is 18.4 Å². The highest BCUT2D eigenvalue weighted by Crippen LogP contribution is 2.49. The Labute approximate surface area is 80.7 Å². The molecule has 1 nitrogen and oxygen atoms in total. The van der Waals surface area contributed by atoms with Crippen LogP contribution in [-0.4, -0.2) is 12.2 Å². The van der Waals surface area contributed by atoms with E-state index in [4.69, 9.17) is 0 Å². The molecule has 0 aliphatic heterocycles. The smallest absolute Gasteiger partial charge is 0.292 e. The van der Waals surface area contributed by atoms with Gasteiger partial charge in [-0.2, -0.15) is 0 Å². The Morgan fingerprint density at radius 2 is 1.79 bits per heavy atom. The van der Waals surface area contributed by atoms with Gasteiger partial charge in [0.05, 0.1) is 5.41 Å². The van der Waals surface area contributed by atoms with Crippen molar-refractivity contribution in [1.82, 2.24) is 0 Å². The Balaban J connectivity index is 2.30. The Hall–Kier alpha value is -1.25. The van der Waals surface area contributed by atoms with Gasteiger partial charge in [0.2, 0.25) is 5.78 Å². The third-order valence-electron chi connectivity index (χ3n) is 2.75. The van der Waals surface area contributed by atoms with Crippen molar-refractivity contribution in [1.29, 1.82) is 0 Å². The molecule has 0 bridgehead atoms. The summed E-state index contributed by atoms with van der Waals surface area (Å²) in [5, 5.41) is 0. The van der Waals surface area contributed by atoms with E-state index >= 15 is 0 Å². The average molecular weight is 196 g/mol. The summed E-state index contributed by atoms with van der Waals surface area (Å²) in [5.41, 5.74) is -0.139. The number of carbonyl (C=O) groups excluding carboxylic acids is 1. The van der Waals surface area contributed by atoms with Crippen molar-refractivity contribution in [3.63, 3.8) is 0 Å². The molecule has 0 saturated heterocycles. The molecule has 1 aliphatic carbocycles. The van der Waals surface area contributed by atoms with Crippen molar-refractivity contribution in [2.45, 2.75) is 24.7 Å². The van der Waals surface area contributed by atoms with E-state index in [0.717, 1.165) is 5.56 Å². The van der Waals surface area contributed by atoms with Gasteiger partial charge in [0.15, 0.2) is 0 Å². The van der Waals surface area contributed by atoms with E-state index in [-0.39, 0.29) is 0 Å². The third kappa shape index (κ3) is 1.33. The van der Waals surface area contributed by atoms with Crippen molar-refractivity contribution in [3.8, 4) is 0 Å². The molecular weight excluding hydrogens is 186 g/mol. The largest absolute Gasteiger partial charge is 0.296 e. The molecule has 74 valence electrons. The quantitative estimate of drug-likeness (QED) is 0.726. The summed E-state index contributed by atoms with van der Waals surface area (Å²) in [7, 11) is 0. The van der Waals surface area contributed by atoms with Crippen LogP contribution >= 0.6 is 0 Å². The van der Waals surface area contributed by atoms with Gasteiger partial charge < -0.3 is 0 Å². The summed E-state index contributed by atoms with van der Waals surface area (Å²) in [6, 6.07) is 8.84. The number of hydrogen-bond acceptors (Lipinski definition) is 1. The van der Waals surface area contributed by atoms with E-state index in [1.165, 1.54) is 0 Å². The lowest BCUT2D eigenvalue weighted by Gasteiger charge is -2.13. The zero-order valence-electron chi connectivity index (χ0n) is 7.54. The van der Waals surface area contributed by atoms with Crippen LogP contribution in [0.25, 0.3) is 0 Å². The average Bonchev–Trinajstić information content (AvgIpc) is 2.99. The van der Waals surface area contributed by atoms with Crippen molar-refractivity contribution in [3.05, 3.63) is 35.9 Å². The normalized spacial score (nSPS) is 18.2. The van der Waals surface area contributed by atoms with Gasteiger partial charge in [-0.1, -0.05) is 30.3 Å². The maximum atomic E-state index is 12.3. The molecule has 0 N–H and O–H groups in total. The van der Waals surface area contributed by atoms with Gasteiger partial charge in [-0.05, 0) is 18.4 Å². The zero-order chi connectivity index (χ0) is 10.2. The topological polar surface area (TPSA) is 17.1 Å². The summed E-state index contributed by atoms with van der Waals surface area (Å²) in [6.45, 7) is 0. The predicted octanol–water partition coefficient (Wildman–Crippen LogP) is 2.55. The second-order valence-corrected chi connectivity index (χ2v) is 3.61. The van der Waals surface area contributed by atoms with E-state index in [1.807, 2.05) is 6.07 Å².